The second-order valence-corrected chi connectivity index (χ2v) is 6.14. The van der Waals surface area contributed by atoms with E-state index in [-0.39, 0.29) is 18.7 Å². The van der Waals surface area contributed by atoms with Gasteiger partial charge >= 0.3 is 12.0 Å². The molecule has 1 N–H and O–H groups in total. The Bertz CT molecular complexity index is 389. The summed E-state index contributed by atoms with van der Waals surface area (Å²) in [6.07, 6.45) is 3.37. The summed E-state index contributed by atoms with van der Waals surface area (Å²) in [7, 11) is 1.77. The molecule has 0 bridgehead atoms. The molecule has 0 spiro atoms. The van der Waals surface area contributed by atoms with Crippen LogP contribution in [0, 0.1) is 0 Å². The van der Waals surface area contributed by atoms with Gasteiger partial charge in [0.15, 0.2) is 0 Å². The van der Waals surface area contributed by atoms with Crippen LogP contribution >= 0.6 is 0 Å². The van der Waals surface area contributed by atoms with E-state index < -0.39 is 11.6 Å². The van der Waals surface area contributed by atoms with Crippen molar-refractivity contribution in [3.63, 3.8) is 0 Å². The Morgan fingerprint density at radius 2 is 2.14 bits per heavy atom. The average molecular weight is 300 g/mol. The molecule has 2 aliphatic heterocycles. The predicted octanol–water partition coefficient (Wildman–Crippen LogP) is 0.783. The van der Waals surface area contributed by atoms with Crippen LogP contribution in [0.25, 0.3) is 0 Å². The summed E-state index contributed by atoms with van der Waals surface area (Å²) in [5.41, 5.74) is -0.545. The topological polar surface area (TPSA) is 79.3 Å². The van der Waals surface area contributed by atoms with Gasteiger partial charge in [-0.3, -0.25) is 0 Å². The number of likely N-dealkylation sites (tertiary alicyclic amines) is 1. The summed E-state index contributed by atoms with van der Waals surface area (Å²) in [5.74, 6) is -0.993. The van der Waals surface area contributed by atoms with Crippen LogP contribution in [-0.2, 0) is 14.3 Å². The summed E-state index contributed by atoms with van der Waals surface area (Å²) in [6.45, 7) is 3.72. The lowest BCUT2D eigenvalue weighted by molar-refractivity contribution is -0.160. The summed E-state index contributed by atoms with van der Waals surface area (Å²) in [6, 6.07) is -0.0550. The first kappa shape index (κ1) is 16.0. The zero-order chi connectivity index (χ0) is 15.5. The molecule has 2 amide bonds. The lowest BCUT2D eigenvalue weighted by atomic mass is 9.97. The number of hydrogen-bond donors (Lipinski definition) is 1. The maximum atomic E-state index is 12.2. The Labute approximate surface area is 124 Å². The third kappa shape index (κ3) is 4.31. The molecule has 0 aromatic carbocycles. The Morgan fingerprint density at radius 1 is 1.43 bits per heavy atom. The van der Waals surface area contributed by atoms with Gasteiger partial charge in [-0.15, -0.1) is 0 Å². The molecule has 2 rings (SSSR count). The number of rotatable bonds is 5. The van der Waals surface area contributed by atoms with Gasteiger partial charge in [0.1, 0.15) is 12.2 Å². The van der Waals surface area contributed by atoms with Gasteiger partial charge in [0.25, 0.3) is 0 Å². The van der Waals surface area contributed by atoms with Gasteiger partial charge < -0.3 is 24.4 Å². The molecule has 7 nitrogen and oxygen atoms in total. The number of carboxylic acids is 1. The highest BCUT2D eigenvalue weighted by molar-refractivity contribution is 5.75. The third-order valence-electron chi connectivity index (χ3n) is 3.94. The second kappa shape index (κ2) is 6.62. The normalized spacial score (nSPS) is 24.3. The monoisotopic (exact) mass is 300 g/mol. The molecule has 0 radical (unpaired) electrons. The molecule has 0 aliphatic carbocycles. The van der Waals surface area contributed by atoms with Crippen LogP contribution in [0.1, 0.15) is 26.2 Å². The van der Waals surface area contributed by atoms with E-state index in [4.69, 9.17) is 14.6 Å². The number of urea groups is 1. The number of ether oxygens (including phenoxy) is 2. The van der Waals surface area contributed by atoms with Crippen molar-refractivity contribution in [1.29, 1.82) is 0 Å². The van der Waals surface area contributed by atoms with Crippen molar-refractivity contribution in [2.75, 3.05) is 39.9 Å². The molecule has 7 heteroatoms. The number of carbonyl (C=O) groups excluding carboxylic acids is 1. The van der Waals surface area contributed by atoms with Crippen molar-refractivity contribution in [2.24, 2.45) is 0 Å². The van der Waals surface area contributed by atoms with Crippen LogP contribution in [0.3, 0.4) is 0 Å². The minimum atomic E-state index is -0.993. The highest BCUT2D eigenvalue weighted by Crippen LogP contribution is 2.26. The smallest absolute Gasteiger partial charge is 0.329 e. The maximum Gasteiger partial charge on any atom is 0.329 e. The molecule has 2 heterocycles. The van der Waals surface area contributed by atoms with E-state index in [1.54, 1.807) is 16.8 Å². The fourth-order valence-corrected chi connectivity index (χ4v) is 2.80. The first-order valence-electron chi connectivity index (χ1n) is 7.37. The molecule has 21 heavy (non-hydrogen) atoms. The van der Waals surface area contributed by atoms with E-state index in [0.29, 0.717) is 19.6 Å². The Kier molecular flexibility index (Phi) is 5.05. The fourth-order valence-electron chi connectivity index (χ4n) is 2.80. The summed E-state index contributed by atoms with van der Waals surface area (Å²) in [5, 5.41) is 8.61. The molecule has 2 fully saturated rings. The van der Waals surface area contributed by atoms with Gasteiger partial charge in [-0.25, -0.2) is 9.59 Å². The molecule has 2 aliphatic rings. The average Bonchev–Trinajstić information content (AvgIpc) is 2.42. The molecule has 120 valence electrons. The van der Waals surface area contributed by atoms with E-state index in [1.807, 2.05) is 6.92 Å². The molecule has 0 aromatic heterocycles. The second-order valence-electron chi connectivity index (χ2n) is 6.14. The Hall–Kier alpha value is -1.34. The van der Waals surface area contributed by atoms with E-state index in [1.165, 1.54) is 0 Å². The van der Waals surface area contributed by atoms with Gasteiger partial charge in [0, 0.05) is 20.2 Å². The molecule has 0 aromatic rings. The van der Waals surface area contributed by atoms with Gasteiger partial charge in [0.2, 0.25) is 0 Å². The fraction of sp³-hybridized carbons (Fsp3) is 0.857. The molecule has 2 saturated heterocycles. The zero-order valence-corrected chi connectivity index (χ0v) is 12.7. The van der Waals surface area contributed by atoms with Crippen LogP contribution in [0.15, 0.2) is 0 Å². The number of nitrogens with zero attached hydrogens (tertiary/aromatic N) is 2. The zero-order valence-electron chi connectivity index (χ0n) is 12.7. The van der Waals surface area contributed by atoms with E-state index in [9.17, 15) is 9.59 Å². The summed E-state index contributed by atoms with van der Waals surface area (Å²) >= 11 is 0. The lowest BCUT2D eigenvalue weighted by Crippen LogP contribution is -2.65. The number of hydrogen-bond acceptors (Lipinski definition) is 4. The minimum Gasteiger partial charge on any atom is -0.480 e. The van der Waals surface area contributed by atoms with Gasteiger partial charge in [-0.05, 0) is 26.2 Å². The third-order valence-corrected chi connectivity index (χ3v) is 3.94. The van der Waals surface area contributed by atoms with Crippen LogP contribution in [0.5, 0.6) is 0 Å². The molecule has 1 atom stereocenters. The lowest BCUT2D eigenvalue weighted by Gasteiger charge is -2.48. The maximum absolute atomic E-state index is 12.2. The molecule has 0 saturated carbocycles. The van der Waals surface area contributed by atoms with Gasteiger partial charge in [-0.1, -0.05) is 0 Å². The Balaban J connectivity index is 1.73. The highest BCUT2D eigenvalue weighted by Gasteiger charge is 2.43. The van der Waals surface area contributed by atoms with Crippen molar-refractivity contribution in [3.8, 4) is 0 Å². The number of likely N-dealkylation sites (N-methyl/N-ethyl adjacent to an activating group) is 1. The van der Waals surface area contributed by atoms with E-state index >= 15 is 0 Å². The summed E-state index contributed by atoms with van der Waals surface area (Å²) < 4.78 is 10.9. The number of carbonyl (C=O) groups is 2. The highest BCUT2D eigenvalue weighted by atomic mass is 16.5. The number of aliphatic carboxylic acids is 1. The summed E-state index contributed by atoms with van der Waals surface area (Å²) in [4.78, 5) is 26.1. The van der Waals surface area contributed by atoms with Crippen LogP contribution in [0.4, 0.5) is 4.79 Å². The van der Waals surface area contributed by atoms with Gasteiger partial charge in [0.05, 0.1) is 19.2 Å². The van der Waals surface area contributed by atoms with Gasteiger partial charge in [-0.2, -0.15) is 0 Å². The van der Waals surface area contributed by atoms with Crippen molar-refractivity contribution in [2.45, 2.75) is 37.9 Å². The predicted molar refractivity (Wildman–Crippen MR) is 75.2 cm³/mol. The van der Waals surface area contributed by atoms with Crippen molar-refractivity contribution < 1.29 is 24.2 Å². The number of amides is 2. The standard InChI is InChI=1S/C14H24N2O5/c1-14(21-8-12(17)18)9-16(10-14)13(19)15(2)7-11-5-3-4-6-20-11/h11H,3-10H2,1-2H3,(H,17,18). The SMILES string of the molecule is CN(CC1CCCCO1)C(=O)N1CC(C)(OCC(=O)O)C1. The van der Waals surface area contributed by atoms with E-state index in [2.05, 4.69) is 0 Å². The first-order valence-corrected chi connectivity index (χ1v) is 7.37. The van der Waals surface area contributed by atoms with Crippen molar-refractivity contribution >= 4 is 12.0 Å². The number of carboxylic acid groups (broad SMARTS) is 1. The largest absolute Gasteiger partial charge is 0.480 e. The molecular formula is C14H24N2O5. The van der Waals surface area contributed by atoms with Crippen molar-refractivity contribution in [3.05, 3.63) is 0 Å². The van der Waals surface area contributed by atoms with Crippen molar-refractivity contribution in [1.82, 2.24) is 9.80 Å². The van der Waals surface area contributed by atoms with Crippen LogP contribution < -0.4 is 0 Å². The van der Waals surface area contributed by atoms with E-state index in [0.717, 1.165) is 25.9 Å². The quantitative estimate of drug-likeness (QED) is 0.812. The van der Waals surface area contributed by atoms with Crippen LogP contribution in [0.2, 0.25) is 0 Å². The Morgan fingerprint density at radius 3 is 2.71 bits per heavy atom. The van der Waals surface area contributed by atoms with Crippen LogP contribution in [-0.4, -0.2) is 78.5 Å². The molecular weight excluding hydrogens is 276 g/mol. The molecule has 1 unspecified atom stereocenters. The first-order chi connectivity index (χ1) is 9.89. The minimum absolute atomic E-state index is 0.0550.